The third-order valence-electron chi connectivity index (χ3n) is 3.53. The van der Waals surface area contributed by atoms with Crippen LogP contribution in [-0.4, -0.2) is 28.4 Å². The zero-order valence-corrected chi connectivity index (χ0v) is 12.8. The van der Waals surface area contributed by atoms with Crippen molar-refractivity contribution in [2.75, 3.05) is 6.54 Å². The Morgan fingerprint density at radius 3 is 2.50 bits per heavy atom. The van der Waals surface area contributed by atoms with E-state index in [2.05, 4.69) is 0 Å². The normalized spacial score (nSPS) is 12.0. The van der Waals surface area contributed by atoms with Crippen LogP contribution in [0.2, 0.25) is 0 Å². The minimum atomic E-state index is -1.01. The average Bonchev–Trinajstić information content (AvgIpc) is 2.46. The van der Waals surface area contributed by atoms with Crippen LogP contribution in [0.25, 0.3) is 0 Å². The number of amides is 1. The summed E-state index contributed by atoms with van der Waals surface area (Å²) in [5.41, 5.74) is 0.432. The number of hydrogen-bond acceptors (Lipinski definition) is 2. The third kappa shape index (κ3) is 5.79. The highest BCUT2D eigenvalue weighted by Crippen LogP contribution is 2.15. The maximum Gasteiger partial charge on any atom is 0.305 e. The number of aliphatic carboxylic acids is 1. The van der Waals surface area contributed by atoms with E-state index in [0.29, 0.717) is 12.0 Å². The van der Waals surface area contributed by atoms with Crippen molar-refractivity contribution in [3.8, 4) is 0 Å². The summed E-state index contributed by atoms with van der Waals surface area (Å²) < 4.78 is 26.2. The molecular weight excluding hydrogens is 292 g/mol. The zero-order valence-electron chi connectivity index (χ0n) is 12.8. The fourth-order valence-corrected chi connectivity index (χ4v) is 1.95. The molecule has 1 rings (SSSR count). The minimum absolute atomic E-state index is 0.0452. The van der Waals surface area contributed by atoms with Crippen molar-refractivity contribution >= 4 is 11.9 Å². The Kier molecular flexibility index (Phi) is 6.95. The van der Waals surface area contributed by atoms with E-state index in [1.54, 1.807) is 0 Å². The van der Waals surface area contributed by atoms with E-state index in [0.717, 1.165) is 18.6 Å². The molecule has 6 heteroatoms. The molecule has 1 aromatic rings. The molecule has 0 heterocycles. The molecule has 22 heavy (non-hydrogen) atoms. The van der Waals surface area contributed by atoms with Crippen molar-refractivity contribution in [3.63, 3.8) is 0 Å². The largest absolute Gasteiger partial charge is 0.481 e. The number of halogens is 2. The predicted octanol–water partition coefficient (Wildman–Crippen LogP) is 3.20. The van der Waals surface area contributed by atoms with Gasteiger partial charge in [0.15, 0.2) is 11.6 Å². The summed E-state index contributed by atoms with van der Waals surface area (Å²) in [6, 6.07) is 3.42. The van der Waals surface area contributed by atoms with Gasteiger partial charge in [0.05, 0.1) is 6.42 Å². The molecule has 0 aromatic heterocycles. The monoisotopic (exact) mass is 313 g/mol. The highest BCUT2D eigenvalue weighted by Gasteiger charge is 2.18. The molecule has 0 aliphatic heterocycles. The molecule has 1 unspecified atom stereocenters. The summed E-state index contributed by atoms with van der Waals surface area (Å²) in [7, 11) is 0. The van der Waals surface area contributed by atoms with Crippen LogP contribution >= 0.6 is 0 Å². The van der Waals surface area contributed by atoms with Gasteiger partial charge in [-0.1, -0.05) is 26.3 Å². The first kappa shape index (κ1) is 18.1. The second-order valence-corrected chi connectivity index (χ2v) is 5.43. The fourth-order valence-electron chi connectivity index (χ4n) is 1.95. The Labute approximate surface area is 128 Å². The van der Waals surface area contributed by atoms with E-state index >= 15 is 0 Å². The van der Waals surface area contributed by atoms with Crippen LogP contribution in [0.15, 0.2) is 18.2 Å². The molecule has 4 nitrogen and oxygen atoms in total. The average molecular weight is 313 g/mol. The maximum atomic E-state index is 13.2. The third-order valence-corrected chi connectivity index (χ3v) is 3.53. The van der Waals surface area contributed by atoms with Crippen molar-refractivity contribution in [1.29, 1.82) is 0 Å². The standard InChI is InChI=1S/C16H21F2NO3/c1-3-11(2)8-15(20)19(7-6-16(21)22)10-12-4-5-13(17)14(18)9-12/h4-5,9,11H,3,6-8,10H2,1-2H3,(H,21,22). The van der Waals surface area contributed by atoms with E-state index < -0.39 is 17.6 Å². The quantitative estimate of drug-likeness (QED) is 0.802. The van der Waals surface area contributed by atoms with Gasteiger partial charge < -0.3 is 10.0 Å². The van der Waals surface area contributed by atoms with Crippen molar-refractivity contribution in [2.24, 2.45) is 5.92 Å². The molecule has 1 amide bonds. The molecule has 0 saturated carbocycles. The van der Waals surface area contributed by atoms with Crippen LogP contribution in [0.4, 0.5) is 8.78 Å². The molecule has 1 aromatic carbocycles. The molecule has 0 aliphatic carbocycles. The van der Waals surface area contributed by atoms with Gasteiger partial charge in [0.2, 0.25) is 5.91 Å². The molecule has 0 bridgehead atoms. The van der Waals surface area contributed by atoms with Gasteiger partial charge in [0.25, 0.3) is 0 Å². The lowest BCUT2D eigenvalue weighted by Gasteiger charge is -2.23. The molecule has 0 spiro atoms. The molecule has 0 fully saturated rings. The Morgan fingerprint density at radius 1 is 1.27 bits per heavy atom. The number of carbonyl (C=O) groups is 2. The molecule has 0 saturated heterocycles. The van der Waals surface area contributed by atoms with E-state index in [-0.39, 0.29) is 31.3 Å². The Balaban J connectivity index is 2.81. The van der Waals surface area contributed by atoms with Gasteiger partial charge in [0, 0.05) is 19.5 Å². The highest BCUT2D eigenvalue weighted by atomic mass is 19.2. The van der Waals surface area contributed by atoms with Crippen LogP contribution in [0.1, 0.15) is 38.7 Å². The Bertz CT molecular complexity index is 534. The van der Waals surface area contributed by atoms with Gasteiger partial charge in [-0.15, -0.1) is 0 Å². The summed E-state index contributed by atoms with van der Waals surface area (Å²) in [5, 5.41) is 8.77. The van der Waals surface area contributed by atoms with Gasteiger partial charge in [-0.3, -0.25) is 9.59 Å². The number of carbonyl (C=O) groups excluding carboxylic acids is 1. The fraction of sp³-hybridized carbons (Fsp3) is 0.500. The summed E-state index contributed by atoms with van der Waals surface area (Å²) in [4.78, 5) is 24.3. The topological polar surface area (TPSA) is 57.6 Å². The Morgan fingerprint density at radius 2 is 1.95 bits per heavy atom. The van der Waals surface area contributed by atoms with Crippen molar-refractivity contribution in [2.45, 2.75) is 39.7 Å². The van der Waals surface area contributed by atoms with Crippen molar-refractivity contribution < 1.29 is 23.5 Å². The van der Waals surface area contributed by atoms with Crippen LogP contribution in [-0.2, 0) is 16.1 Å². The first-order valence-electron chi connectivity index (χ1n) is 7.27. The first-order valence-corrected chi connectivity index (χ1v) is 7.27. The maximum absolute atomic E-state index is 13.2. The van der Waals surface area contributed by atoms with E-state index in [4.69, 9.17) is 5.11 Å². The number of carboxylic acid groups (broad SMARTS) is 1. The number of rotatable bonds is 8. The van der Waals surface area contributed by atoms with Crippen molar-refractivity contribution in [3.05, 3.63) is 35.4 Å². The number of benzene rings is 1. The molecule has 122 valence electrons. The number of nitrogens with zero attached hydrogens (tertiary/aromatic N) is 1. The van der Waals surface area contributed by atoms with Crippen LogP contribution in [0.3, 0.4) is 0 Å². The lowest BCUT2D eigenvalue weighted by atomic mass is 10.0. The SMILES string of the molecule is CCC(C)CC(=O)N(CCC(=O)O)Cc1ccc(F)c(F)c1. The molecular formula is C16H21F2NO3. The van der Waals surface area contributed by atoms with Crippen LogP contribution < -0.4 is 0 Å². The predicted molar refractivity (Wildman–Crippen MR) is 78.1 cm³/mol. The van der Waals surface area contributed by atoms with E-state index in [9.17, 15) is 18.4 Å². The Hall–Kier alpha value is -1.98. The second-order valence-electron chi connectivity index (χ2n) is 5.43. The van der Waals surface area contributed by atoms with Crippen molar-refractivity contribution in [1.82, 2.24) is 4.90 Å². The molecule has 0 radical (unpaired) electrons. The van der Waals surface area contributed by atoms with Crippen LogP contribution in [0.5, 0.6) is 0 Å². The van der Waals surface area contributed by atoms with E-state index in [1.807, 2.05) is 13.8 Å². The van der Waals surface area contributed by atoms with Gasteiger partial charge in [-0.2, -0.15) is 0 Å². The highest BCUT2D eigenvalue weighted by molar-refractivity contribution is 5.77. The van der Waals surface area contributed by atoms with Gasteiger partial charge >= 0.3 is 5.97 Å². The first-order chi connectivity index (χ1) is 10.3. The lowest BCUT2D eigenvalue weighted by Crippen LogP contribution is -2.33. The summed E-state index contributed by atoms with van der Waals surface area (Å²) >= 11 is 0. The number of carboxylic acids is 1. The summed E-state index contributed by atoms with van der Waals surface area (Å²) in [6.45, 7) is 4.02. The zero-order chi connectivity index (χ0) is 16.7. The van der Waals surface area contributed by atoms with Gasteiger partial charge in [-0.05, 0) is 23.6 Å². The smallest absolute Gasteiger partial charge is 0.305 e. The summed E-state index contributed by atoms with van der Waals surface area (Å²) in [6.07, 6.45) is 0.958. The van der Waals surface area contributed by atoms with Gasteiger partial charge in [-0.25, -0.2) is 8.78 Å². The van der Waals surface area contributed by atoms with Gasteiger partial charge in [0.1, 0.15) is 0 Å². The van der Waals surface area contributed by atoms with Crippen LogP contribution in [0, 0.1) is 17.6 Å². The molecule has 0 aliphatic rings. The molecule has 1 N–H and O–H groups in total. The van der Waals surface area contributed by atoms with E-state index in [1.165, 1.54) is 11.0 Å². The summed E-state index contributed by atoms with van der Waals surface area (Å²) in [5.74, 6) is -2.94. The molecule has 1 atom stereocenters. The second kappa shape index (κ2) is 8.46. The lowest BCUT2D eigenvalue weighted by molar-refractivity contribution is -0.139. The minimum Gasteiger partial charge on any atom is -0.481 e. The number of hydrogen-bond donors (Lipinski definition) is 1.